The highest BCUT2D eigenvalue weighted by molar-refractivity contribution is 5.95. The number of hydrogen-bond donors (Lipinski definition) is 3. The Hall–Kier alpha value is -2.40. The first-order chi connectivity index (χ1) is 11.6. The van der Waals surface area contributed by atoms with E-state index in [-0.39, 0.29) is 30.9 Å². The zero-order valence-corrected chi connectivity index (χ0v) is 13.8. The first kappa shape index (κ1) is 17.9. The summed E-state index contributed by atoms with van der Waals surface area (Å²) in [7, 11) is 0. The van der Waals surface area contributed by atoms with Crippen LogP contribution in [0.4, 0.5) is 10.1 Å². The molecule has 0 heterocycles. The van der Waals surface area contributed by atoms with Crippen molar-refractivity contribution in [3.63, 3.8) is 0 Å². The van der Waals surface area contributed by atoms with Crippen LogP contribution in [0.1, 0.15) is 29.3 Å². The van der Waals surface area contributed by atoms with Gasteiger partial charge in [-0.25, -0.2) is 4.39 Å². The second-order valence-electron chi connectivity index (χ2n) is 5.77. The molecule has 1 amide bonds. The number of carbonyl (C=O) groups is 1. The maximum Gasteiger partial charge on any atom is 0.251 e. The zero-order chi connectivity index (χ0) is 17.4. The number of benzene rings is 2. The van der Waals surface area contributed by atoms with E-state index < -0.39 is 0 Å². The van der Waals surface area contributed by atoms with Crippen molar-refractivity contribution < 1.29 is 14.3 Å². The molecule has 1 atom stereocenters. The normalized spacial score (nSPS) is 11.8. The molecule has 4 nitrogen and oxygen atoms in total. The maximum atomic E-state index is 13.2. The van der Waals surface area contributed by atoms with Gasteiger partial charge in [-0.1, -0.05) is 18.2 Å². The summed E-state index contributed by atoms with van der Waals surface area (Å²) in [5.41, 5.74) is 2.38. The van der Waals surface area contributed by atoms with Gasteiger partial charge in [0.1, 0.15) is 5.82 Å². The molecule has 0 saturated heterocycles. The molecule has 5 heteroatoms. The Bertz CT molecular complexity index is 676. The van der Waals surface area contributed by atoms with Gasteiger partial charge in [0.25, 0.3) is 5.91 Å². The second-order valence-corrected chi connectivity index (χ2v) is 5.77. The van der Waals surface area contributed by atoms with E-state index in [0.29, 0.717) is 5.56 Å². The van der Waals surface area contributed by atoms with E-state index in [4.69, 9.17) is 5.11 Å². The van der Waals surface area contributed by atoms with Crippen molar-refractivity contribution in [3.05, 3.63) is 65.5 Å². The van der Waals surface area contributed by atoms with Crippen LogP contribution >= 0.6 is 0 Å². The van der Waals surface area contributed by atoms with Gasteiger partial charge in [0.15, 0.2) is 0 Å². The molecule has 0 saturated carbocycles. The number of nitrogens with one attached hydrogen (secondary N) is 2. The van der Waals surface area contributed by atoms with Gasteiger partial charge in [0.2, 0.25) is 0 Å². The molecule has 0 aliphatic heterocycles. The third kappa shape index (κ3) is 5.66. The molecule has 3 N–H and O–H groups in total. The summed E-state index contributed by atoms with van der Waals surface area (Å²) in [6.07, 6.45) is 1.63. The average molecular weight is 330 g/mol. The lowest BCUT2D eigenvalue weighted by Gasteiger charge is -2.16. The van der Waals surface area contributed by atoms with Crippen LogP contribution < -0.4 is 10.6 Å². The molecular formula is C19H23FN2O2. The summed E-state index contributed by atoms with van der Waals surface area (Å²) < 4.78 is 13.2. The SMILES string of the molecule is CC(CCc1cccc(F)c1)Nc1cccc(C(=O)NCCO)c1. The van der Waals surface area contributed by atoms with E-state index in [9.17, 15) is 9.18 Å². The van der Waals surface area contributed by atoms with Gasteiger partial charge in [-0.05, 0) is 55.7 Å². The van der Waals surface area contributed by atoms with E-state index in [2.05, 4.69) is 17.6 Å². The number of anilines is 1. The van der Waals surface area contributed by atoms with Crippen molar-refractivity contribution in [2.24, 2.45) is 0 Å². The summed E-state index contributed by atoms with van der Waals surface area (Å²) >= 11 is 0. The number of carbonyl (C=O) groups excluding carboxylic acids is 1. The Balaban J connectivity index is 1.89. The van der Waals surface area contributed by atoms with Crippen molar-refractivity contribution in [3.8, 4) is 0 Å². The van der Waals surface area contributed by atoms with Gasteiger partial charge in [0, 0.05) is 23.8 Å². The average Bonchev–Trinajstić information content (AvgIpc) is 2.58. The Morgan fingerprint density at radius 2 is 2.00 bits per heavy atom. The molecule has 1 unspecified atom stereocenters. The molecular weight excluding hydrogens is 307 g/mol. The minimum absolute atomic E-state index is 0.0825. The van der Waals surface area contributed by atoms with E-state index >= 15 is 0 Å². The first-order valence-corrected chi connectivity index (χ1v) is 8.08. The predicted octanol–water partition coefficient (Wildman–Crippen LogP) is 2.98. The van der Waals surface area contributed by atoms with Crippen LogP contribution in [0.5, 0.6) is 0 Å². The summed E-state index contributed by atoms with van der Waals surface area (Å²) in [5, 5.41) is 14.7. The maximum absolute atomic E-state index is 13.2. The van der Waals surface area contributed by atoms with Crippen molar-refractivity contribution in [1.82, 2.24) is 5.32 Å². The molecule has 128 valence electrons. The van der Waals surface area contributed by atoms with Gasteiger partial charge in [-0.2, -0.15) is 0 Å². The number of halogens is 1. The third-order valence-corrected chi connectivity index (χ3v) is 3.69. The van der Waals surface area contributed by atoms with Gasteiger partial charge in [-0.15, -0.1) is 0 Å². The van der Waals surface area contributed by atoms with Crippen LogP contribution in [0, 0.1) is 5.82 Å². The summed E-state index contributed by atoms with van der Waals surface area (Å²) in [5.74, 6) is -0.421. The Labute approximate surface area is 141 Å². The summed E-state index contributed by atoms with van der Waals surface area (Å²) in [6, 6.07) is 14.1. The monoisotopic (exact) mass is 330 g/mol. The fourth-order valence-corrected chi connectivity index (χ4v) is 2.45. The van der Waals surface area contributed by atoms with E-state index in [1.807, 2.05) is 18.2 Å². The minimum atomic E-state index is -0.213. The largest absolute Gasteiger partial charge is 0.395 e. The standard InChI is InChI=1S/C19H23FN2O2/c1-14(8-9-15-4-2-6-17(20)12-15)22-18-7-3-5-16(13-18)19(24)21-10-11-23/h2-7,12-14,22-23H,8-11H2,1H3,(H,21,24). The highest BCUT2D eigenvalue weighted by Gasteiger charge is 2.08. The predicted molar refractivity (Wildman–Crippen MR) is 93.7 cm³/mol. The molecule has 0 bridgehead atoms. The van der Waals surface area contributed by atoms with Crippen molar-refractivity contribution in [1.29, 1.82) is 0 Å². The fraction of sp³-hybridized carbons (Fsp3) is 0.316. The van der Waals surface area contributed by atoms with Crippen molar-refractivity contribution in [2.45, 2.75) is 25.8 Å². The number of aliphatic hydroxyl groups excluding tert-OH is 1. The molecule has 0 aliphatic carbocycles. The Morgan fingerprint density at radius 3 is 2.75 bits per heavy atom. The van der Waals surface area contributed by atoms with Gasteiger partial charge in [0.05, 0.1) is 6.61 Å². The third-order valence-electron chi connectivity index (χ3n) is 3.69. The molecule has 0 aromatic heterocycles. The molecule has 2 aromatic carbocycles. The van der Waals surface area contributed by atoms with Crippen LogP contribution in [0.3, 0.4) is 0 Å². The number of amides is 1. The molecule has 24 heavy (non-hydrogen) atoms. The van der Waals surface area contributed by atoms with Crippen LogP contribution in [-0.4, -0.2) is 30.2 Å². The lowest BCUT2D eigenvalue weighted by atomic mass is 10.1. The minimum Gasteiger partial charge on any atom is -0.395 e. The smallest absolute Gasteiger partial charge is 0.251 e. The highest BCUT2D eigenvalue weighted by Crippen LogP contribution is 2.14. The fourth-order valence-electron chi connectivity index (χ4n) is 2.45. The van der Waals surface area contributed by atoms with Crippen molar-refractivity contribution >= 4 is 11.6 Å². The van der Waals surface area contributed by atoms with Crippen molar-refractivity contribution in [2.75, 3.05) is 18.5 Å². The van der Waals surface area contributed by atoms with Crippen LogP contribution in [-0.2, 0) is 6.42 Å². The van der Waals surface area contributed by atoms with Gasteiger partial charge >= 0.3 is 0 Å². The van der Waals surface area contributed by atoms with E-state index in [1.165, 1.54) is 6.07 Å². The zero-order valence-electron chi connectivity index (χ0n) is 13.8. The lowest BCUT2D eigenvalue weighted by molar-refractivity contribution is 0.0945. The number of rotatable bonds is 8. The second kappa shape index (κ2) is 9.03. The highest BCUT2D eigenvalue weighted by atomic mass is 19.1. The van der Waals surface area contributed by atoms with Gasteiger partial charge in [-0.3, -0.25) is 4.79 Å². The van der Waals surface area contributed by atoms with Gasteiger partial charge < -0.3 is 15.7 Å². The number of hydrogen-bond acceptors (Lipinski definition) is 3. The quantitative estimate of drug-likeness (QED) is 0.697. The van der Waals surface area contributed by atoms with E-state index in [0.717, 1.165) is 24.1 Å². The molecule has 0 aliphatic rings. The molecule has 2 rings (SSSR count). The lowest BCUT2D eigenvalue weighted by Crippen LogP contribution is -2.26. The Kier molecular flexibility index (Phi) is 6.75. The Morgan fingerprint density at radius 1 is 1.21 bits per heavy atom. The van der Waals surface area contributed by atoms with Crippen LogP contribution in [0.15, 0.2) is 48.5 Å². The molecule has 2 aromatic rings. The number of aryl methyl sites for hydroxylation is 1. The number of aliphatic hydroxyl groups is 1. The molecule has 0 spiro atoms. The molecule has 0 fully saturated rings. The topological polar surface area (TPSA) is 61.4 Å². The summed E-state index contributed by atoms with van der Waals surface area (Å²) in [4.78, 5) is 11.9. The van der Waals surface area contributed by atoms with Crippen LogP contribution in [0.25, 0.3) is 0 Å². The van der Waals surface area contributed by atoms with E-state index in [1.54, 1.807) is 24.3 Å². The summed E-state index contributed by atoms with van der Waals surface area (Å²) in [6.45, 7) is 2.21. The molecule has 0 radical (unpaired) electrons. The van der Waals surface area contributed by atoms with Crippen LogP contribution in [0.2, 0.25) is 0 Å². The first-order valence-electron chi connectivity index (χ1n) is 8.08.